The Morgan fingerprint density at radius 1 is 0.382 bits per heavy atom. The second kappa shape index (κ2) is 59.2. The molecule has 450 valence electrons. The molecule has 0 rings (SSSR count). The summed E-state index contributed by atoms with van der Waals surface area (Å²) in [6.07, 6.45) is 67.8. The van der Waals surface area contributed by atoms with E-state index in [9.17, 15) is 19.5 Å². The van der Waals surface area contributed by atoms with E-state index in [0.29, 0.717) is 17.4 Å². The van der Waals surface area contributed by atoms with Gasteiger partial charge in [0.2, 0.25) is 0 Å². The molecule has 0 radical (unpaired) electrons. The minimum absolute atomic E-state index is 0.174. The SMILES string of the molecule is CCCCCCCCCC/C=C\CCCCCCCCCCCCCCCCCCCCCCCCCCCCCC(=O)OC(COC(=O)CCCCCCCCCCCCCC)COC(OCC[N+](C)(C)C)C(=O)O. The molecule has 0 aliphatic carbocycles. The average Bonchev–Trinajstić information content (AvgIpc) is 3.39. The molecule has 0 aliphatic rings. The molecule has 0 amide bonds. The molecule has 2 unspecified atom stereocenters. The van der Waals surface area contributed by atoms with Crippen LogP contribution < -0.4 is 0 Å². The van der Waals surface area contributed by atoms with Crippen LogP contribution in [0.3, 0.4) is 0 Å². The van der Waals surface area contributed by atoms with Gasteiger partial charge in [0.05, 0.1) is 34.4 Å². The molecule has 0 saturated carbocycles. The molecule has 2 atom stereocenters. The summed E-state index contributed by atoms with van der Waals surface area (Å²) < 4.78 is 22.9. The van der Waals surface area contributed by atoms with Crippen molar-refractivity contribution in [1.29, 1.82) is 0 Å². The predicted octanol–water partition coefficient (Wildman–Crippen LogP) is 20.1. The monoisotopic (exact) mass is 1080 g/mol. The molecule has 0 aliphatic heterocycles. The van der Waals surface area contributed by atoms with E-state index in [1.807, 2.05) is 21.1 Å². The Hall–Kier alpha value is -1.97. The summed E-state index contributed by atoms with van der Waals surface area (Å²) in [5.41, 5.74) is 0. The first-order valence-corrected chi connectivity index (χ1v) is 33.4. The number of carbonyl (C=O) groups excluding carboxylic acids is 2. The third-order valence-corrected chi connectivity index (χ3v) is 15.3. The van der Waals surface area contributed by atoms with Gasteiger partial charge in [0.1, 0.15) is 13.2 Å². The molecule has 0 aromatic carbocycles. The number of ether oxygens (including phenoxy) is 4. The van der Waals surface area contributed by atoms with Gasteiger partial charge in [-0.3, -0.25) is 9.59 Å². The van der Waals surface area contributed by atoms with Gasteiger partial charge in [0, 0.05) is 12.8 Å². The first-order chi connectivity index (χ1) is 37.1. The highest BCUT2D eigenvalue weighted by molar-refractivity contribution is 5.71. The van der Waals surface area contributed by atoms with Gasteiger partial charge in [0.15, 0.2) is 6.10 Å². The summed E-state index contributed by atoms with van der Waals surface area (Å²) in [6, 6.07) is 0. The minimum Gasteiger partial charge on any atom is -0.477 e. The topological polar surface area (TPSA) is 108 Å². The maximum absolute atomic E-state index is 12.9. The Morgan fingerprint density at radius 2 is 0.671 bits per heavy atom. The zero-order valence-electron chi connectivity index (χ0n) is 51.5. The lowest BCUT2D eigenvalue weighted by Gasteiger charge is -2.25. The van der Waals surface area contributed by atoms with E-state index in [1.165, 1.54) is 276 Å². The van der Waals surface area contributed by atoms with Crippen molar-refractivity contribution < 1.29 is 42.9 Å². The summed E-state index contributed by atoms with van der Waals surface area (Å²) in [5, 5.41) is 9.70. The van der Waals surface area contributed by atoms with Crippen molar-refractivity contribution >= 4 is 17.9 Å². The number of carbonyl (C=O) groups is 3. The van der Waals surface area contributed by atoms with Crippen LogP contribution in [0.25, 0.3) is 0 Å². The van der Waals surface area contributed by atoms with Crippen molar-refractivity contribution in [2.75, 3.05) is 47.5 Å². The van der Waals surface area contributed by atoms with Gasteiger partial charge in [-0.05, 0) is 38.5 Å². The molecule has 0 saturated heterocycles. The van der Waals surface area contributed by atoms with Crippen LogP contribution in [-0.4, -0.2) is 87.4 Å². The standard InChI is InChI=1S/C67H129NO8/c1-6-8-10-12-14-16-18-20-21-22-23-24-25-26-27-28-29-30-31-32-33-34-35-36-37-38-39-40-41-42-43-44-45-46-48-50-52-54-56-58-65(70)76-63(62-75-67(66(71)72)73-60-59-68(3,4)5)61-74-64(69)57-55-53-51-49-47-19-17-15-13-11-9-7-2/h22-23,63,67H,6-21,24-62H2,1-5H3/p+1/b23-22-. The summed E-state index contributed by atoms with van der Waals surface area (Å²) >= 11 is 0. The molecule has 0 bridgehead atoms. The first-order valence-electron chi connectivity index (χ1n) is 33.4. The maximum atomic E-state index is 12.9. The van der Waals surface area contributed by atoms with Crippen molar-refractivity contribution in [3.05, 3.63) is 12.2 Å². The zero-order valence-corrected chi connectivity index (χ0v) is 51.5. The Labute approximate surface area is 472 Å². The number of carboxylic acid groups (broad SMARTS) is 1. The lowest BCUT2D eigenvalue weighted by atomic mass is 10.0. The number of likely N-dealkylation sites (N-methyl/N-ethyl adjacent to an activating group) is 1. The fourth-order valence-corrected chi connectivity index (χ4v) is 10.1. The molecular formula is C67H130NO8+. The van der Waals surface area contributed by atoms with E-state index in [4.69, 9.17) is 18.9 Å². The quantitative estimate of drug-likeness (QED) is 0.0211. The minimum atomic E-state index is -1.50. The fourth-order valence-electron chi connectivity index (χ4n) is 10.1. The summed E-state index contributed by atoms with van der Waals surface area (Å²) in [5.74, 6) is -1.98. The molecule has 0 spiro atoms. The molecule has 0 aromatic heterocycles. The third kappa shape index (κ3) is 59.7. The van der Waals surface area contributed by atoms with Crippen LogP contribution in [0.1, 0.15) is 341 Å². The lowest BCUT2D eigenvalue weighted by Crippen LogP contribution is -2.40. The molecule has 9 nitrogen and oxygen atoms in total. The number of nitrogens with zero attached hydrogens (tertiary/aromatic N) is 1. The van der Waals surface area contributed by atoms with Gasteiger partial charge < -0.3 is 28.5 Å². The van der Waals surface area contributed by atoms with E-state index in [2.05, 4.69) is 26.0 Å². The van der Waals surface area contributed by atoms with E-state index >= 15 is 0 Å². The zero-order chi connectivity index (χ0) is 55.5. The van der Waals surface area contributed by atoms with E-state index in [0.717, 1.165) is 38.5 Å². The van der Waals surface area contributed by atoms with E-state index in [-0.39, 0.29) is 38.2 Å². The second-order valence-corrected chi connectivity index (χ2v) is 24.1. The largest absolute Gasteiger partial charge is 0.477 e. The van der Waals surface area contributed by atoms with Crippen LogP contribution in [0, 0.1) is 0 Å². The molecule has 0 aromatic rings. The molecule has 1 N–H and O–H groups in total. The number of aliphatic carboxylic acids is 1. The number of carboxylic acids is 1. The third-order valence-electron chi connectivity index (χ3n) is 15.3. The number of rotatable bonds is 63. The number of allylic oxidation sites excluding steroid dienone is 2. The number of unbranched alkanes of at least 4 members (excludes halogenated alkanes) is 46. The summed E-state index contributed by atoms with van der Waals surface area (Å²) in [7, 11) is 5.98. The fraction of sp³-hybridized carbons (Fsp3) is 0.925. The summed E-state index contributed by atoms with van der Waals surface area (Å²) in [6.45, 7) is 4.93. The highest BCUT2D eigenvalue weighted by Crippen LogP contribution is 2.19. The van der Waals surface area contributed by atoms with Crippen LogP contribution in [-0.2, 0) is 33.3 Å². The Morgan fingerprint density at radius 3 is 0.974 bits per heavy atom. The van der Waals surface area contributed by atoms with Crippen molar-refractivity contribution in [2.24, 2.45) is 0 Å². The number of quaternary nitrogens is 1. The number of hydrogen-bond acceptors (Lipinski definition) is 7. The van der Waals surface area contributed by atoms with Crippen molar-refractivity contribution in [3.63, 3.8) is 0 Å². The smallest absolute Gasteiger partial charge is 0.361 e. The van der Waals surface area contributed by atoms with Crippen LogP contribution in [0.4, 0.5) is 0 Å². The van der Waals surface area contributed by atoms with Gasteiger partial charge in [-0.15, -0.1) is 0 Å². The first kappa shape index (κ1) is 74.0. The van der Waals surface area contributed by atoms with Gasteiger partial charge in [0.25, 0.3) is 6.29 Å². The Balaban J connectivity index is 3.87. The Bertz CT molecular complexity index is 1250. The maximum Gasteiger partial charge on any atom is 0.361 e. The molecule has 9 heteroatoms. The second-order valence-electron chi connectivity index (χ2n) is 24.1. The van der Waals surface area contributed by atoms with Crippen molar-refractivity contribution in [2.45, 2.75) is 354 Å². The van der Waals surface area contributed by atoms with Gasteiger partial charge >= 0.3 is 17.9 Å². The van der Waals surface area contributed by atoms with Crippen LogP contribution in [0.5, 0.6) is 0 Å². The highest BCUT2D eigenvalue weighted by Gasteiger charge is 2.25. The van der Waals surface area contributed by atoms with Crippen molar-refractivity contribution in [3.8, 4) is 0 Å². The lowest BCUT2D eigenvalue weighted by molar-refractivity contribution is -0.870. The molecule has 0 fully saturated rings. The van der Waals surface area contributed by atoms with Gasteiger partial charge in [-0.2, -0.15) is 0 Å². The van der Waals surface area contributed by atoms with Crippen LogP contribution >= 0.6 is 0 Å². The molecular weight excluding hydrogens is 947 g/mol. The number of esters is 2. The normalized spacial score (nSPS) is 12.7. The van der Waals surface area contributed by atoms with Crippen LogP contribution in [0.2, 0.25) is 0 Å². The molecule has 0 heterocycles. The molecule has 76 heavy (non-hydrogen) atoms. The average molecular weight is 1080 g/mol. The van der Waals surface area contributed by atoms with Gasteiger partial charge in [-0.1, -0.05) is 302 Å². The number of hydrogen-bond donors (Lipinski definition) is 1. The van der Waals surface area contributed by atoms with E-state index < -0.39 is 18.4 Å². The summed E-state index contributed by atoms with van der Waals surface area (Å²) in [4.78, 5) is 37.4. The van der Waals surface area contributed by atoms with Crippen LogP contribution in [0.15, 0.2) is 12.2 Å². The van der Waals surface area contributed by atoms with Crippen molar-refractivity contribution in [1.82, 2.24) is 0 Å². The van der Waals surface area contributed by atoms with Gasteiger partial charge in [-0.25, -0.2) is 4.79 Å². The highest BCUT2D eigenvalue weighted by atomic mass is 16.7. The predicted molar refractivity (Wildman–Crippen MR) is 323 cm³/mol. The van der Waals surface area contributed by atoms with E-state index in [1.54, 1.807) is 0 Å². The Kier molecular flexibility index (Phi) is 57.6.